The van der Waals surface area contributed by atoms with Crippen molar-refractivity contribution in [3.63, 3.8) is 0 Å². The Morgan fingerprint density at radius 3 is 2.79 bits per heavy atom. The second kappa shape index (κ2) is 6.67. The Bertz CT molecular complexity index is 825. The monoisotopic (exact) mass is 327 g/mol. The van der Waals surface area contributed by atoms with Gasteiger partial charge in [0.15, 0.2) is 0 Å². The van der Waals surface area contributed by atoms with Gasteiger partial charge in [0.25, 0.3) is 5.91 Å². The number of nitrogen functional groups attached to an aromatic ring is 1. The van der Waals surface area contributed by atoms with Crippen molar-refractivity contribution in [3.8, 4) is 0 Å². The maximum absolute atomic E-state index is 12.8. The Kier molecular flexibility index (Phi) is 4.60. The van der Waals surface area contributed by atoms with E-state index >= 15 is 0 Å². The first-order chi connectivity index (χ1) is 11.5. The molecule has 1 fully saturated rings. The number of benzene rings is 1. The molecule has 5 heteroatoms. The van der Waals surface area contributed by atoms with Crippen molar-refractivity contribution in [2.75, 3.05) is 12.3 Å². The van der Waals surface area contributed by atoms with Gasteiger partial charge in [-0.1, -0.05) is 25.8 Å². The third kappa shape index (κ3) is 2.79. The Morgan fingerprint density at radius 2 is 2.08 bits per heavy atom. The third-order valence-electron chi connectivity index (χ3n) is 5.10. The molecule has 0 aliphatic heterocycles. The van der Waals surface area contributed by atoms with Gasteiger partial charge in [-0.15, -0.1) is 0 Å². The van der Waals surface area contributed by atoms with E-state index in [4.69, 9.17) is 5.73 Å². The molecule has 1 heterocycles. The molecule has 128 valence electrons. The van der Waals surface area contributed by atoms with Crippen LogP contribution in [-0.4, -0.2) is 17.0 Å². The highest BCUT2D eigenvalue weighted by Crippen LogP contribution is 2.35. The van der Waals surface area contributed by atoms with Crippen LogP contribution in [0.3, 0.4) is 0 Å². The fourth-order valence-electron chi connectivity index (χ4n) is 3.82. The lowest BCUT2D eigenvalue weighted by Crippen LogP contribution is -2.31. The molecule has 0 radical (unpaired) electrons. The molecule has 1 amide bonds. The van der Waals surface area contributed by atoms with Gasteiger partial charge in [0, 0.05) is 24.5 Å². The first-order valence-electron chi connectivity index (χ1n) is 8.76. The normalized spacial score (nSPS) is 20.9. The molecule has 2 unspecified atom stereocenters. The highest BCUT2D eigenvalue weighted by Gasteiger charge is 2.26. The number of fused-ring (bicyclic) bond motifs is 1. The molecule has 0 bridgehead atoms. The van der Waals surface area contributed by atoms with Crippen LogP contribution in [0.25, 0.3) is 10.9 Å². The number of carbonyl (C=O) groups excluding carboxylic acids is 1. The Labute approximate surface area is 141 Å². The van der Waals surface area contributed by atoms with Crippen molar-refractivity contribution in [2.45, 2.75) is 45.6 Å². The van der Waals surface area contributed by atoms with Crippen LogP contribution in [0.4, 0.5) is 5.69 Å². The summed E-state index contributed by atoms with van der Waals surface area (Å²) in [5.41, 5.74) is 7.24. The minimum Gasteiger partial charge on any atom is -0.398 e. The highest BCUT2D eigenvalue weighted by atomic mass is 16.2. The SMILES string of the molecule is CCNC(=O)c1cn(C2CCCCC2C)c2cccc(N)c2c1=O. The van der Waals surface area contributed by atoms with Gasteiger partial charge >= 0.3 is 0 Å². The van der Waals surface area contributed by atoms with Gasteiger partial charge < -0.3 is 15.6 Å². The quantitative estimate of drug-likeness (QED) is 0.851. The van der Waals surface area contributed by atoms with Gasteiger partial charge in [0.1, 0.15) is 5.56 Å². The summed E-state index contributed by atoms with van der Waals surface area (Å²) < 4.78 is 2.11. The van der Waals surface area contributed by atoms with Gasteiger partial charge in [-0.3, -0.25) is 9.59 Å². The van der Waals surface area contributed by atoms with E-state index in [9.17, 15) is 9.59 Å². The van der Waals surface area contributed by atoms with Crippen molar-refractivity contribution < 1.29 is 4.79 Å². The molecule has 2 aromatic rings. The number of nitrogens with zero attached hydrogens (tertiary/aromatic N) is 1. The predicted octanol–water partition coefficient (Wildman–Crippen LogP) is 3.08. The standard InChI is InChI=1S/C19H25N3O2/c1-3-21-19(24)13-11-22(15-9-5-4-7-12(15)2)16-10-6-8-14(20)17(16)18(13)23/h6,8,10-12,15H,3-5,7,9,20H2,1-2H3,(H,21,24). The van der Waals surface area contributed by atoms with E-state index in [2.05, 4.69) is 16.8 Å². The molecule has 2 atom stereocenters. The molecule has 1 aliphatic carbocycles. The van der Waals surface area contributed by atoms with Crippen molar-refractivity contribution in [1.82, 2.24) is 9.88 Å². The lowest BCUT2D eigenvalue weighted by atomic mass is 9.85. The molecule has 1 aromatic carbocycles. The first-order valence-corrected chi connectivity index (χ1v) is 8.76. The van der Waals surface area contributed by atoms with E-state index in [1.54, 1.807) is 12.3 Å². The van der Waals surface area contributed by atoms with Gasteiger partial charge in [-0.05, 0) is 37.8 Å². The average molecular weight is 327 g/mol. The lowest BCUT2D eigenvalue weighted by Gasteiger charge is -2.32. The number of nitrogens with two attached hydrogens (primary N) is 1. The Hall–Kier alpha value is -2.30. The number of amides is 1. The zero-order chi connectivity index (χ0) is 17.3. The molecule has 24 heavy (non-hydrogen) atoms. The number of carbonyl (C=O) groups is 1. The van der Waals surface area contributed by atoms with E-state index in [1.807, 2.05) is 19.1 Å². The minimum absolute atomic E-state index is 0.181. The van der Waals surface area contributed by atoms with Crippen molar-refractivity contribution >= 4 is 22.5 Å². The molecular weight excluding hydrogens is 302 g/mol. The number of pyridine rings is 1. The van der Waals surface area contributed by atoms with Crippen LogP contribution >= 0.6 is 0 Å². The largest absolute Gasteiger partial charge is 0.398 e. The lowest BCUT2D eigenvalue weighted by molar-refractivity contribution is 0.0953. The van der Waals surface area contributed by atoms with E-state index < -0.39 is 0 Å². The smallest absolute Gasteiger partial charge is 0.256 e. The van der Waals surface area contributed by atoms with E-state index in [0.717, 1.165) is 18.4 Å². The van der Waals surface area contributed by atoms with Crippen LogP contribution in [0.1, 0.15) is 55.9 Å². The molecule has 5 nitrogen and oxygen atoms in total. The number of anilines is 1. The molecule has 3 rings (SSSR count). The van der Waals surface area contributed by atoms with E-state index in [-0.39, 0.29) is 22.9 Å². The first kappa shape index (κ1) is 16.6. The highest BCUT2D eigenvalue weighted by molar-refractivity contribution is 6.00. The molecule has 3 N–H and O–H groups in total. The number of rotatable bonds is 3. The van der Waals surface area contributed by atoms with Crippen molar-refractivity contribution in [1.29, 1.82) is 0 Å². The van der Waals surface area contributed by atoms with Crippen LogP contribution < -0.4 is 16.5 Å². The Morgan fingerprint density at radius 1 is 1.33 bits per heavy atom. The molecule has 1 saturated carbocycles. The van der Waals surface area contributed by atoms with E-state index in [1.165, 1.54) is 12.8 Å². The second-order valence-electron chi connectivity index (χ2n) is 6.71. The Balaban J connectivity index is 2.27. The fourth-order valence-corrected chi connectivity index (χ4v) is 3.82. The van der Waals surface area contributed by atoms with Crippen LogP contribution in [0.15, 0.2) is 29.2 Å². The second-order valence-corrected chi connectivity index (χ2v) is 6.71. The maximum atomic E-state index is 12.8. The molecule has 0 spiro atoms. The summed E-state index contributed by atoms with van der Waals surface area (Å²) in [6.45, 7) is 4.57. The topological polar surface area (TPSA) is 77.1 Å². The third-order valence-corrected chi connectivity index (χ3v) is 5.10. The van der Waals surface area contributed by atoms with Crippen molar-refractivity contribution in [2.24, 2.45) is 5.92 Å². The summed E-state index contributed by atoms with van der Waals surface area (Å²) in [4.78, 5) is 25.2. The number of nitrogens with one attached hydrogen (secondary N) is 1. The van der Waals surface area contributed by atoms with E-state index in [0.29, 0.717) is 23.5 Å². The van der Waals surface area contributed by atoms with Gasteiger partial charge in [-0.2, -0.15) is 0 Å². The summed E-state index contributed by atoms with van der Waals surface area (Å²) in [7, 11) is 0. The van der Waals surface area contributed by atoms with Crippen LogP contribution in [0.2, 0.25) is 0 Å². The summed E-state index contributed by atoms with van der Waals surface area (Å²) >= 11 is 0. The van der Waals surface area contributed by atoms with Gasteiger partial charge in [-0.25, -0.2) is 0 Å². The van der Waals surface area contributed by atoms with Gasteiger partial charge in [0.05, 0.1) is 10.9 Å². The predicted molar refractivity (Wildman–Crippen MR) is 97.3 cm³/mol. The number of hydrogen-bond donors (Lipinski definition) is 2. The summed E-state index contributed by atoms with van der Waals surface area (Å²) in [6.07, 6.45) is 6.37. The molecule has 1 aromatic heterocycles. The number of hydrogen-bond acceptors (Lipinski definition) is 3. The fraction of sp³-hybridized carbons (Fsp3) is 0.474. The number of aromatic nitrogens is 1. The zero-order valence-corrected chi connectivity index (χ0v) is 14.3. The van der Waals surface area contributed by atoms with Crippen LogP contribution in [-0.2, 0) is 0 Å². The summed E-state index contributed by atoms with van der Waals surface area (Å²) in [5.74, 6) is 0.179. The van der Waals surface area contributed by atoms with Crippen LogP contribution in [0, 0.1) is 5.92 Å². The minimum atomic E-state index is -0.329. The van der Waals surface area contributed by atoms with Gasteiger partial charge in [0.2, 0.25) is 5.43 Å². The average Bonchev–Trinajstić information content (AvgIpc) is 2.56. The van der Waals surface area contributed by atoms with Crippen LogP contribution in [0.5, 0.6) is 0 Å². The molecular formula is C19H25N3O2. The summed E-state index contributed by atoms with van der Waals surface area (Å²) in [6, 6.07) is 5.81. The zero-order valence-electron chi connectivity index (χ0n) is 14.3. The molecule has 1 aliphatic rings. The van der Waals surface area contributed by atoms with Crippen molar-refractivity contribution in [3.05, 3.63) is 40.2 Å². The molecule has 0 saturated heterocycles. The maximum Gasteiger partial charge on any atom is 0.256 e. The summed E-state index contributed by atoms with van der Waals surface area (Å²) in [5, 5.41) is 3.19.